The van der Waals surface area contributed by atoms with Crippen molar-refractivity contribution in [3.8, 4) is 6.07 Å². The van der Waals surface area contributed by atoms with Crippen molar-refractivity contribution < 1.29 is 0 Å². The molecule has 0 aromatic heterocycles. The zero-order valence-electron chi connectivity index (χ0n) is 7.71. The van der Waals surface area contributed by atoms with E-state index in [0.29, 0.717) is 11.3 Å². The van der Waals surface area contributed by atoms with Gasteiger partial charge in [-0.05, 0) is 51.2 Å². The Morgan fingerprint density at radius 1 is 1.42 bits per heavy atom. The molecule has 1 saturated carbocycles. The van der Waals surface area contributed by atoms with E-state index < -0.39 is 0 Å². The molecule has 2 aliphatic rings. The maximum Gasteiger partial charge on any atom is 0.0661 e. The van der Waals surface area contributed by atoms with E-state index in [1.54, 1.807) is 0 Å². The van der Waals surface area contributed by atoms with Crippen LogP contribution in [-0.2, 0) is 0 Å². The minimum Gasteiger partial charge on any atom is -0.306 e. The largest absolute Gasteiger partial charge is 0.306 e. The van der Waals surface area contributed by atoms with Crippen LogP contribution < -0.4 is 0 Å². The van der Waals surface area contributed by atoms with E-state index in [1.165, 1.54) is 38.8 Å². The maximum absolute atomic E-state index is 8.82. The summed E-state index contributed by atoms with van der Waals surface area (Å²) < 4.78 is 0. The van der Waals surface area contributed by atoms with Crippen molar-refractivity contribution in [1.29, 1.82) is 5.26 Å². The predicted octanol–water partition coefficient (Wildman–Crippen LogP) is 1.63. The highest BCUT2D eigenvalue weighted by molar-refractivity contribution is 5.12. The van der Waals surface area contributed by atoms with Crippen LogP contribution in [0.3, 0.4) is 0 Å². The molecule has 1 saturated heterocycles. The summed E-state index contributed by atoms with van der Waals surface area (Å²) in [5, 5.41) is 8.82. The molecule has 2 unspecified atom stereocenters. The molecule has 2 fully saturated rings. The summed E-state index contributed by atoms with van der Waals surface area (Å²) in [5.74, 6) is 0.393. The average molecular weight is 164 g/mol. The van der Waals surface area contributed by atoms with Gasteiger partial charge in [0.05, 0.1) is 12.0 Å². The maximum atomic E-state index is 8.82. The van der Waals surface area contributed by atoms with Crippen LogP contribution in [0.25, 0.3) is 0 Å². The predicted molar refractivity (Wildman–Crippen MR) is 47.5 cm³/mol. The third kappa shape index (κ3) is 1.23. The molecule has 1 spiro atoms. The first-order valence-corrected chi connectivity index (χ1v) is 4.85. The summed E-state index contributed by atoms with van der Waals surface area (Å²) in [6.45, 7) is 2.41. The van der Waals surface area contributed by atoms with Gasteiger partial charge in [-0.25, -0.2) is 0 Å². The Balaban J connectivity index is 1.98. The Morgan fingerprint density at radius 2 is 2.25 bits per heavy atom. The second-order valence-electron chi connectivity index (χ2n) is 4.41. The van der Waals surface area contributed by atoms with Crippen LogP contribution in [0.1, 0.15) is 25.7 Å². The van der Waals surface area contributed by atoms with Crippen molar-refractivity contribution in [3.63, 3.8) is 0 Å². The summed E-state index contributed by atoms with van der Waals surface area (Å²) in [6, 6.07) is 2.42. The summed E-state index contributed by atoms with van der Waals surface area (Å²) in [6.07, 6.45) is 5.00. The number of nitriles is 1. The Hall–Kier alpha value is -0.550. The Morgan fingerprint density at radius 3 is 2.92 bits per heavy atom. The monoisotopic (exact) mass is 164 g/mol. The smallest absolute Gasteiger partial charge is 0.0661 e. The van der Waals surface area contributed by atoms with Gasteiger partial charge < -0.3 is 4.90 Å². The fourth-order valence-corrected chi connectivity index (χ4v) is 2.43. The van der Waals surface area contributed by atoms with Gasteiger partial charge in [0.15, 0.2) is 0 Å². The molecule has 0 radical (unpaired) electrons. The van der Waals surface area contributed by atoms with Gasteiger partial charge in [-0.15, -0.1) is 0 Å². The molecular weight excluding hydrogens is 148 g/mol. The van der Waals surface area contributed by atoms with Crippen LogP contribution in [-0.4, -0.2) is 25.0 Å². The van der Waals surface area contributed by atoms with E-state index in [1.807, 2.05) is 0 Å². The fraction of sp³-hybridized carbons (Fsp3) is 0.900. The van der Waals surface area contributed by atoms with Crippen molar-refractivity contribution >= 4 is 0 Å². The molecule has 12 heavy (non-hydrogen) atoms. The first-order valence-electron chi connectivity index (χ1n) is 4.85. The molecule has 0 N–H and O–H groups in total. The third-order valence-corrected chi connectivity index (χ3v) is 3.55. The zero-order valence-corrected chi connectivity index (χ0v) is 7.71. The van der Waals surface area contributed by atoms with Crippen LogP contribution in [0.4, 0.5) is 0 Å². The standard InChI is InChI=1S/C10H16N2/c1-12-5-2-3-10(4-6-12)7-9(10)8-11/h9H,2-7H2,1H3. The van der Waals surface area contributed by atoms with Gasteiger partial charge in [0, 0.05) is 0 Å². The van der Waals surface area contributed by atoms with E-state index in [-0.39, 0.29) is 0 Å². The number of hydrogen-bond acceptors (Lipinski definition) is 2. The first kappa shape index (κ1) is 8.07. The number of hydrogen-bond donors (Lipinski definition) is 0. The number of nitrogens with zero attached hydrogens (tertiary/aromatic N) is 2. The molecule has 2 heteroatoms. The molecule has 66 valence electrons. The van der Waals surface area contributed by atoms with Gasteiger partial charge in [-0.2, -0.15) is 5.26 Å². The molecule has 0 aromatic rings. The minimum absolute atomic E-state index is 0.393. The summed E-state index contributed by atoms with van der Waals surface area (Å²) >= 11 is 0. The lowest BCUT2D eigenvalue weighted by molar-refractivity contribution is 0.335. The zero-order chi connectivity index (χ0) is 8.60. The van der Waals surface area contributed by atoms with Crippen LogP contribution in [0.2, 0.25) is 0 Å². The van der Waals surface area contributed by atoms with Gasteiger partial charge in [0.1, 0.15) is 0 Å². The second kappa shape index (κ2) is 2.74. The topological polar surface area (TPSA) is 27.0 Å². The molecule has 2 nitrogen and oxygen atoms in total. The molecule has 1 aliphatic carbocycles. The Labute approximate surface area is 74.2 Å². The molecule has 2 rings (SSSR count). The highest BCUT2D eigenvalue weighted by atomic mass is 15.1. The van der Waals surface area contributed by atoms with Crippen LogP contribution in [0.5, 0.6) is 0 Å². The van der Waals surface area contributed by atoms with Crippen molar-refractivity contribution in [1.82, 2.24) is 4.90 Å². The van der Waals surface area contributed by atoms with Gasteiger partial charge in [0.2, 0.25) is 0 Å². The SMILES string of the molecule is CN1CCCC2(CC1)CC2C#N. The van der Waals surface area contributed by atoms with Gasteiger partial charge in [0.25, 0.3) is 0 Å². The van der Waals surface area contributed by atoms with Crippen molar-refractivity contribution in [2.75, 3.05) is 20.1 Å². The lowest BCUT2D eigenvalue weighted by atomic mass is 9.95. The third-order valence-electron chi connectivity index (χ3n) is 3.55. The van der Waals surface area contributed by atoms with E-state index in [9.17, 15) is 0 Å². The molecule has 1 heterocycles. The molecule has 2 atom stereocenters. The Bertz CT molecular complexity index is 218. The normalized spacial score (nSPS) is 42.2. The minimum atomic E-state index is 0.393. The summed E-state index contributed by atoms with van der Waals surface area (Å²) in [7, 11) is 2.18. The van der Waals surface area contributed by atoms with Gasteiger partial charge in [-0.1, -0.05) is 0 Å². The van der Waals surface area contributed by atoms with Crippen LogP contribution >= 0.6 is 0 Å². The average Bonchev–Trinajstić information content (AvgIpc) is 2.79. The lowest BCUT2D eigenvalue weighted by Crippen LogP contribution is -2.19. The van der Waals surface area contributed by atoms with Crippen molar-refractivity contribution in [3.05, 3.63) is 0 Å². The highest BCUT2D eigenvalue weighted by Crippen LogP contribution is 2.58. The number of rotatable bonds is 0. The quantitative estimate of drug-likeness (QED) is 0.544. The molecular formula is C10H16N2. The highest BCUT2D eigenvalue weighted by Gasteiger charge is 2.53. The lowest BCUT2D eigenvalue weighted by Gasteiger charge is -2.13. The second-order valence-corrected chi connectivity index (χ2v) is 4.41. The Kier molecular flexibility index (Phi) is 1.84. The summed E-state index contributed by atoms with van der Waals surface area (Å²) in [4.78, 5) is 2.39. The van der Waals surface area contributed by atoms with Gasteiger partial charge in [-0.3, -0.25) is 0 Å². The number of likely N-dealkylation sites (tertiary alicyclic amines) is 1. The van der Waals surface area contributed by atoms with Crippen molar-refractivity contribution in [2.45, 2.75) is 25.7 Å². The van der Waals surface area contributed by atoms with Gasteiger partial charge >= 0.3 is 0 Å². The van der Waals surface area contributed by atoms with E-state index in [2.05, 4.69) is 18.0 Å². The van der Waals surface area contributed by atoms with Crippen LogP contribution in [0.15, 0.2) is 0 Å². The molecule has 0 aromatic carbocycles. The fourth-order valence-electron chi connectivity index (χ4n) is 2.43. The van der Waals surface area contributed by atoms with Crippen LogP contribution in [0, 0.1) is 22.7 Å². The van der Waals surface area contributed by atoms with Crippen molar-refractivity contribution in [2.24, 2.45) is 11.3 Å². The molecule has 0 bridgehead atoms. The van der Waals surface area contributed by atoms with E-state index >= 15 is 0 Å². The van der Waals surface area contributed by atoms with E-state index in [4.69, 9.17) is 5.26 Å². The first-order chi connectivity index (χ1) is 5.77. The molecule has 0 amide bonds. The summed E-state index contributed by atoms with van der Waals surface area (Å²) in [5.41, 5.74) is 0.458. The van der Waals surface area contributed by atoms with E-state index in [0.717, 1.165) is 0 Å². The molecule has 1 aliphatic heterocycles.